The number of amides is 1. The van der Waals surface area contributed by atoms with Crippen LogP contribution in [0.25, 0.3) is 11.3 Å². The highest BCUT2D eigenvalue weighted by Crippen LogP contribution is 2.26. The monoisotopic (exact) mass is 441 g/mol. The predicted molar refractivity (Wildman–Crippen MR) is 124 cm³/mol. The van der Waals surface area contributed by atoms with Crippen LogP contribution in [0.4, 0.5) is 5.13 Å². The molecule has 1 aromatic heterocycles. The Bertz CT molecular complexity index is 999. The number of thiocarbonyl (C=S) groups is 1. The van der Waals surface area contributed by atoms with Crippen LogP contribution in [-0.4, -0.2) is 29.7 Å². The van der Waals surface area contributed by atoms with Crippen LogP contribution < -0.4 is 20.1 Å². The van der Waals surface area contributed by atoms with Gasteiger partial charge in [0.25, 0.3) is 5.91 Å². The van der Waals surface area contributed by atoms with Crippen molar-refractivity contribution < 1.29 is 14.3 Å². The molecule has 3 rings (SSSR count). The molecule has 0 saturated heterocycles. The van der Waals surface area contributed by atoms with Gasteiger partial charge >= 0.3 is 0 Å². The second-order valence-electron chi connectivity index (χ2n) is 6.78. The molecule has 0 aliphatic rings. The summed E-state index contributed by atoms with van der Waals surface area (Å²) in [4.78, 5) is 16.6. The normalized spacial score (nSPS) is 10.5. The molecule has 30 heavy (non-hydrogen) atoms. The van der Waals surface area contributed by atoms with E-state index >= 15 is 0 Å². The minimum absolute atomic E-state index is 0.127. The van der Waals surface area contributed by atoms with E-state index in [2.05, 4.69) is 29.5 Å². The Labute approximate surface area is 185 Å². The van der Waals surface area contributed by atoms with Crippen LogP contribution in [0, 0.1) is 0 Å². The summed E-state index contributed by atoms with van der Waals surface area (Å²) >= 11 is 6.60. The third-order valence-corrected chi connectivity index (χ3v) is 5.24. The molecule has 0 atom stereocenters. The van der Waals surface area contributed by atoms with Crippen molar-refractivity contribution >= 4 is 39.7 Å². The van der Waals surface area contributed by atoms with Crippen LogP contribution in [0.1, 0.15) is 25.3 Å². The van der Waals surface area contributed by atoms with Crippen molar-refractivity contribution in [3.8, 4) is 22.8 Å². The summed E-state index contributed by atoms with van der Waals surface area (Å²) in [5.41, 5.74) is 2.99. The SMILES string of the molecule is COc1ccc(-c2csc(NC(=S)NC(=O)COc3ccc(C(C)C)cc3)n2)cc1. The van der Waals surface area contributed by atoms with Gasteiger partial charge in [0.1, 0.15) is 11.5 Å². The molecule has 1 heterocycles. The fourth-order valence-corrected chi connectivity index (χ4v) is 3.61. The molecule has 1 amide bonds. The van der Waals surface area contributed by atoms with Gasteiger partial charge in [-0.15, -0.1) is 11.3 Å². The molecule has 156 valence electrons. The van der Waals surface area contributed by atoms with E-state index in [1.54, 1.807) is 7.11 Å². The first kappa shape index (κ1) is 21.7. The van der Waals surface area contributed by atoms with Crippen LogP contribution >= 0.6 is 23.6 Å². The molecular formula is C22H23N3O3S2. The first-order chi connectivity index (χ1) is 14.4. The second kappa shape index (κ2) is 10.2. The zero-order valence-electron chi connectivity index (χ0n) is 17.0. The number of rotatable bonds is 7. The van der Waals surface area contributed by atoms with Crippen LogP contribution in [0.15, 0.2) is 53.9 Å². The molecule has 0 aliphatic carbocycles. The molecular weight excluding hydrogens is 418 g/mol. The van der Waals surface area contributed by atoms with Gasteiger partial charge in [0.15, 0.2) is 16.9 Å². The number of benzene rings is 2. The third kappa shape index (κ3) is 6.01. The lowest BCUT2D eigenvalue weighted by atomic mass is 10.0. The average Bonchev–Trinajstić information content (AvgIpc) is 3.20. The molecule has 0 radical (unpaired) electrons. The first-order valence-corrected chi connectivity index (χ1v) is 10.7. The van der Waals surface area contributed by atoms with Gasteiger partial charge in [0, 0.05) is 10.9 Å². The van der Waals surface area contributed by atoms with Crippen molar-refractivity contribution in [2.45, 2.75) is 19.8 Å². The highest BCUT2D eigenvalue weighted by atomic mass is 32.1. The minimum Gasteiger partial charge on any atom is -0.497 e. The molecule has 6 nitrogen and oxygen atoms in total. The molecule has 0 fully saturated rings. The topological polar surface area (TPSA) is 72.5 Å². The second-order valence-corrected chi connectivity index (χ2v) is 8.05. The zero-order valence-corrected chi connectivity index (χ0v) is 18.6. The molecule has 2 N–H and O–H groups in total. The fourth-order valence-electron chi connectivity index (χ4n) is 2.61. The van der Waals surface area contributed by atoms with E-state index in [9.17, 15) is 4.79 Å². The molecule has 8 heteroatoms. The van der Waals surface area contributed by atoms with Gasteiger partial charge in [0.2, 0.25) is 0 Å². The summed E-state index contributed by atoms with van der Waals surface area (Å²) in [6.07, 6.45) is 0. The molecule has 0 aliphatic heterocycles. The summed E-state index contributed by atoms with van der Waals surface area (Å²) in [7, 11) is 1.63. The van der Waals surface area contributed by atoms with Crippen molar-refractivity contribution in [1.82, 2.24) is 10.3 Å². The van der Waals surface area contributed by atoms with E-state index in [1.807, 2.05) is 53.9 Å². The Morgan fingerprint density at radius 1 is 1.10 bits per heavy atom. The summed E-state index contributed by atoms with van der Waals surface area (Å²) in [5.74, 6) is 1.53. The van der Waals surface area contributed by atoms with E-state index in [1.165, 1.54) is 16.9 Å². The maximum absolute atomic E-state index is 12.1. The van der Waals surface area contributed by atoms with E-state index in [0.717, 1.165) is 17.0 Å². The van der Waals surface area contributed by atoms with Gasteiger partial charge in [-0.1, -0.05) is 26.0 Å². The van der Waals surface area contributed by atoms with Gasteiger partial charge in [-0.2, -0.15) is 0 Å². The van der Waals surface area contributed by atoms with E-state index in [0.29, 0.717) is 16.8 Å². The Morgan fingerprint density at radius 2 is 1.77 bits per heavy atom. The van der Waals surface area contributed by atoms with Gasteiger partial charge in [-0.25, -0.2) is 4.98 Å². The summed E-state index contributed by atoms with van der Waals surface area (Å²) in [5, 5.41) is 8.21. The van der Waals surface area contributed by atoms with E-state index in [4.69, 9.17) is 21.7 Å². The molecule has 0 saturated carbocycles. The molecule has 0 unspecified atom stereocenters. The smallest absolute Gasteiger partial charge is 0.264 e. The lowest BCUT2D eigenvalue weighted by molar-refractivity contribution is -0.121. The van der Waals surface area contributed by atoms with Crippen molar-refractivity contribution in [1.29, 1.82) is 0 Å². The van der Waals surface area contributed by atoms with Crippen molar-refractivity contribution in [3.05, 3.63) is 59.5 Å². The van der Waals surface area contributed by atoms with Crippen LogP contribution in [0.3, 0.4) is 0 Å². The summed E-state index contributed by atoms with van der Waals surface area (Å²) < 4.78 is 10.7. The number of methoxy groups -OCH3 is 1. The average molecular weight is 442 g/mol. The number of ether oxygens (including phenoxy) is 2. The molecule has 0 spiro atoms. The van der Waals surface area contributed by atoms with Crippen molar-refractivity contribution in [3.63, 3.8) is 0 Å². The maximum atomic E-state index is 12.1. The van der Waals surface area contributed by atoms with Crippen molar-refractivity contribution in [2.24, 2.45) is 0 Å². The number of nitrogens with one attached hydrogen (secondary N) is 2. The Hall–Kier alpha value is -2.97. The largest absolute Gasteiger partial charge is 0.497 e. The molecule has 0 bridgehead atoms. The van der Waals surface area contributed by atoms with Gasteiger partial charge in [0.05, 0.1) is 12.8 Å². The number of thiazole rings is 1. The highest BCUT2D eigenvalue weighted by Gasteiger charge is 2.10. The number of aromatic nitrogens is 1. The standard InChI is InChI=1S/C22H23N3O3S2/c1-14(2)15-4-10-18(11-5-15)28-12-20(26)24-21(29)25-22-23-19(13-30-22)16-6-8-17(27-3)9-7-16/h4-11,13-14H,12H2,1-3H3,(H2,23,24,25,26,29). The van der Waals surface area contributed by atoms with Crippen LogP contribution in [0.2, 0.25) is 0 Å². The lowest BCUT2D eigenvalue weighted by Crippen LogP contribution is -2.37. The number of hydrogen-bond acceptors (Lipinski definition) is 6. The number of carbonyl (C=O) groups excluding carboxylic acids is 1. The van der Waals surface area contributed by atoms with Gasteiger partial charge < -0.3 is 14.8 Å². The summed E-state index contributed by atoms with van der Waals surface area (Å²) in [6, 6.07) is 15.3. The highest BCUT2D eigenvalue weighted by molar-refractivity contribution is 7.80. The minimum atomic E-state index is -0.340. The van der Waals surface area contributed by atoms with Gasteiger partial charge in [-0.3, -0.25) is 10.1 Å². The fraction of sp³-hybridized carbons (Fsp3) is 0.227. The number of hydrogen-bond donors (Lipinski definition) is 2. The lowest BCUT2D eigenvalue weighted by Gasteiger charge is -2.10. The maximum Gasteiger partial charge on any atom is 0.264 e. The number of carbonyl (C=O) groups is 1. The number of nitrogens with zero attached hydrogens (tertiary/aromatic N) is 1. The van der Waals surface area contributed by atoms with Crippen molar-refractivity contribution in [2.75, 3.05) is 19.0 Å². The van der Waals surface area contributed by atoms with E-state index < -0.39 is 0 Å². The van der Waals surface area contributed by atoms with Crippen LogP contribution in [-0.2, 0) is 4.79 Å². The summed E-state index contributed by atoms with van der Waals surface area (Å²) in [6.45, 7) is 4.12. The Balaban J connectivity index is 1.48. The van der Waals surface area contributed by atoms with Crippen LogP contribution in [0.5, 0.6) is 11.5 Å². The molecule has 2 aromatic carbocycles. The predicted octanol–water partition coefficient (Wildman–Crippen LogP) is 4.83. The quantitative estimate of drug-likeness (QED) is 0.512. The zero-order chi connectivity index (χ0) is 21.5. The Kier molecular flexibility index (Phi) is 7.37. The Morgan fingerprint density at radius 3 is 2.40 bits per heavy atom. The first-order valence-electron chi connectivity index (χ1n) is 9.38. The third-order valence-electron chi connectivity index (χ3n) is 4.28. The molecule has 3 aromatic rings. The van der Waals surface area contributed by atoms with E-state index in [-0.39, 0.29) is 17.6 Å². The number of anilines is 1. The van der Waals surface area contributed by atoms with Gasteiger partial charge in [-0.05, 0) is 60.1 Å².